The van der Waals surface area contributed by atoms with E-state index >= 15 is 0 Å². The van der Waals surface area contributed by atoms with Gasteiger partial charge >= 0.3 is 0 Å². The van der Waals surface area contributed by atoms with Crippen molar-refractivity contribution in [1.82, 2.24) is 9.88 Å². The van der Waals surface area contributed by atoms with E-state index in [2.05, 4.69) is 10.3 Å². The van der Waals surface area contributed by atoms with Crippen molar-refractivity contribution in [3.05, 3.63) is 59.7 Å². The molecule has 1 fully saturated rings. The second kappa shape index (κ2) is 6.03. The van der Waals surface area contributed by atoms with Crippen LogP contribution in [0.2, 0.25) is 0 Å². The number of aromatic nitrogens is 1. The van der Waals surface area contributed by atoms with Crippen molar-refractivity contribution >= 4 is 17.5 Å². The van der Waals surface area contributed by atoms with Gasteiger partial charge < -0.3 is 10.2 Å². The molecule has 0 bridgehead atoms. The van der Waals surface area contributed by atoms with Gasteiger partial charge in [0.25, 0.3) is 0 Å². The van der Waals surface area contributed by atoms with E-state index in [1.807, 2.05) is 6.07 Å². The lowest BCUT2D eigenvalue weighted by Gasteiger charge is -2.26. The van der Waals surface area contributed by atoms with Gasteiger partial charge in [-0.25, -0.2) is 4.98 Å². The molecule has 1 aromatic carbocycles. The molecule has 1 aromatic heterocycles. The second-order valence-corrected chi connectivity index (χ2v) is 5.99. The standard InChI is InChI=1S/C18H18FN3O2/c1-12-8-9-14(15(19)20-12)21-16(23)18(10-11-22(2)17(18)24)13-6-4-3-5-7-13/h3-9H,10-11H2,1-2H3,(H,21,23). The van der Waals surface area contributed by atoms with Gasteiger partial charge in [-0.1, -0.05) is 30.3 Å². The topological polar surface area (TPSA) is 62.3 Å². The van der Waals surface area contributed by atoms with E-state index in [9.17, 15) is 14.0 Å². The van der Waals surface area contributed by atoms with Crippen LogP contribution in [0.25, 0.3) is 0 Å². The molecular weight excluding hydrogens is 309 g/mol. The minimum Gasteiger partial charge on any atom is -0.344 e. The highest BCUT2D eigenvalue weighted by molar-refractivity contribution is 6.16. The first-order valence-corrected chi connectivity index (χ1v) is 7.71. The fraction of sp³-hybridized carbons (Fsp3) is 0.278. The predicted molar refractivity (Wildman–Crippen MR) is 87.9 cm³/mol. The molecule has 0 spiro atoms. The summed E-state index contributed by atoms with van der Waals surface area (Å²) in [5, 5.41) is 2.55. The number of hydrogen-bond donors (Lipinski definition) is 1. The van der Waals surface area contributed by atoms with Crippen LogP contribution in [0.4, 0.5) is 10.1 Å². The average molecular weight is 327 g/mol. The quantitative estimate of drug-likeness (QED) is 0.695. The normalized spacial score (nSPS) is 20.3. The fourth-order valence-electron chi connectivity index (χ4n) is 3.05. The van der Waals surface area contributed by atoms with Crippen LogP contribution in [0.3, 0.4) is 0 Å². The molecule has 6 heteroatoms. The Labute approximate surface area is 139 Å². The van der Waals surface area contributed by atoms with Gasteiger partial charge in [0, 0.05) is 19.3 Å². The smallest absolute Gasteiger partial charge is 0.244 e. The molecule has 24 heavy (non-hydrogen) atoms. The Kier molecular flexibility index (Phi) is 4.05. The van der Waals surface area contributed by atoms with E-state index in [0.717, 1.165) is 0 Å². The molecule has 124 valence electrons. The van der Waals surface area contributed by atoms with E-state index in [-0.39, 0.29) is 11.6 Å². The van der Waals surface area contributed by atoms with Crippen LogP contribution in [0, 0.1) is 12.9 Å². The van der Waals surface area contributed by atoms with E-state index < -0.39 is 17.3 Å². The van der Waals surface area contributed by atoms with Crippen LogP contribution >= 0.6 is 0 Å². The molecular formula is C18H18FN3O2. The number of benzene rings is 1. The number of hydrogen-bond acceptors (Lipinski definition) is 3. The molecule has 3 rings (SSSR count). The molecule has 1 aliphatic heterocycles. The Balaban J connectivity index is 2.01. The number of likely N-dealkylation sites (N-methyl/N-ethyl adjacent to an activating group) is 1. The Morgan fingerprint density at radius 2 is 1.96 bits per heavy atom. The second-order valence-electron chi connectivity index (χ2n) is 5.99. The van der Waals surface area contributed by atoms with Crippen LogP contribution < -0.4 is 5.32 Å². The van der Waals surface area contributed by atoms with Crippen molar-refractivity contribution in [3.8, 4) is 0 Å². The minimum atomic E-state index is -1.34. The molecule has 1 unspecified atom stereocenters. The Morgan fingerprint density at radius 3 is 2.54 bits per heavy atom. The average Bonchev–Trinajstić information content (AvgIpc) is 2.88. The highest BCUT2D eigenvalue weighted by Gasteiger charge is 2.53. The number of carbonyl (C=O) groups is 2. The molecule has 1 atom stereocenters. The van der Waals surface area contributed by atoms with E-state index in [0.29, 0.717) is 24.2 Å². The maximum absolute atomic E-state index is 14.0. The first kappa shape index (κ1) is 16.1. The number of nitrogens with zero attached hydrogens (tertiary/aromatic N) is 2. The summed E-state index contributed by atoms with van der Waals surface area (Å²) in [7, 11) is 1.66. The third-order valence-corrected chi connectivity index (χ3v) is 4.42. The zero-order valence-electron chi connectivity index (χ0n) is 13.5. The molecule has 1 saturated heterocycles. The third-order valence-electron chi connectivity index (χ3n) is 4.42. The van der Waals surface area contributed by atoms with Crippen LogP contribution in [-0.4, -0.2) is 35.3 Å². The Morgan fingerprint density at radius 1 is 1.25 bits per heavy atom. The number of rotatable bonds is 3. The van der Waals surface area contributed by atoms with Crippen molar-refractivity contribution < 1.29 is 14.0 Å². The number of likely N-dealkylation sites (tertiary alicyclic amines) is 1. The monoisotopic (exact) mass is 327 g/mol. The summed E-state index contributed by atoms with van der Waals surface area (Å²) in [5.41, 5.74) is -0.242. The third kappa shape index (κ3) is 2.54. The zero-order chi connectivity index (χ0) is 17.3. The highest BCUT2D eigenvalue weighted by Crippen LogP contribution is 2.36. The molecule has 2 aromatic rings. The van der Waals surface area contributed by atoms with Crippen LogP contribution in [0.1, 0.15) is 17.7 Å². The maximum atomic E-state index is 14.0. The van der Waals surface area contributed by atoms with E-state index in [4.69, 9.17) is 0 Å². The summed E-state index contributed by atoms with van der Waals surface area (Å²) < 4.78 is 14.0. The van der Waals surface area contributed by atoms with Crippen molar-refractivity contribution in [1.29, 1.82) is 0 Å². The fourth-order valence-corrected chi connectivity index (χ4v) is 3.05. The number of halogens is 1. The van der Waals surface area contributed by atoms with Gasteiger partial charge in [0.15, 0.2) is 5.41 Å². The number of carbonyl (C=O) groups excluding carboxylic acids is 2. The predicted octanol–water partition coefficient (Wildman–Crippen LogP) is 2.27. The summed E-state index contributed by atoms with van der Waals surface area (Å²) in [6.45, 7) is 2.13. The summed E-state index contributed by atoms with van der Waals surface area (Å²) in [5.74, 6) is -1.58. The largest absolute Gasteiger partial charge is 0.344 e. The number of nitrogens with one attached hydrogen (secondary N) is 1. The lowest BCUT2D eigenvalue weighted by molar-refractivity contribution is -0.137. The Hall–Kier alpha value is -2.76. The zero-order valence-corrected chi connectivity index (χ0v) is 13.5. The van der Waals surface area contributed by atoms with Crippen molar-refractivity contribution in [2.24, 2.45) is 0 Å². The molecule has 2 amide bonds. The van der Waals surface area contributed by atoms with Crippen LogP contribution in [-0.2, 0) is 15.0 Å². The van der Waals surface area contributed by atoms with Crippen molar-refractivity contribution in [3.63, 3.8) is 0 Å². The van der Waals surface area contributed by atoms with Crippen LogP contribution in [0.5, 0.6) is 0 Å². The summed E-state index contributed by atoms with van der Waals surface area (Å²) in [6, 6.07) is 11.9. The molecule has 2 heterocycles. The van der Waals surface area contributed by atoms with Crippen molar-refractivity contribution in [2.75, 3.05) is 18.9 Å². The highest BCUT2D eigenvalue weighted by atomic mass is 19.1. The van der Waals surface area contributed by atoms with Crippen molar-refractivity contribution in [2.45, 2.75) is 18.8 Å². The maximum Gasteiger partial charge on any atom is 0.244 e. The summed E-state index contributed by atoms with van der Waals surface area (Å²) in [4.78, 5) is 31.0. The molecule has 0 aliphatic carbocycles. The number of aryl methyl sites for hydroxylation is 1. The number of anilines is 1. The van der Waals surface area contributed by atoms with Gasteiger partial charge in [-0.05, 0) is 31.0 Å². The van der Waals surface area contributed by atoms with Gasteiger partial charge in [-0.3, -0.25) is 9.59 Å². The summed E-state index contributed by atoms with van der Waals surface area (Å²) >= 11 is 0. The molecule has 1 N–H and O–H groups in total. The van der Waals surface area contributed by atoms with Crippen LogP contribution in [0.15, 0.2) is 42.5 Å². The van der Waals surface area contributed by atoms with Gasteiger partial charge in [0.05, 0.1) is 5.69 Å². The molecule has 0 radical (unpaired) electrons. The minimum absolute atomic E-state index is 0.0248. The Bertz CT molecular complexity index is 794. The first-order valence-electron chi connectivity index (χ1n) is 7.71. The lowest BCUT2D eigenvalue weighted by Crippen LogP contribution is -2.46. The summed E-state index contributed by atoms with van der Waals surface area (Å²) in [6.07, 6.45) is 0.346. The van der Waals surface area contributed by atoms with Gasteiger partial charge in [-0.2, -0.15) is 4.39 Å². The number of pyridine rings is 1. The molecule has 1 aliphatic rings. The first-order chi connectivity index (χ1) is 11.4. The van der Waals surface area contributed by atoms with Gasteiger partial charge in [0.1, 0.15) is 0 Å². The molecule has 5 nitrogen and oxygen atoms in total. The number of amides is 2. The van der Waals surface area contributed by atoms with Gasteiger partial charge in [-0.15, -0.1) is 0 Å². The molecule has 0 saturated carbocycles. The van der Waals surface area contributed by atoms with E-state index in [1.165, 1.54) is 11.0 Å². The van der Waals surface area contributed by atoms with E-state index in [1.54, 1.807) is 44.3 Å². The SMILES string of the molecule is Cc1ccc(NC(=O)C2(c3ccccc3)CCN(C)C2=O)c(F)n1. The van der Waals surface area contributed by atoms with Gasteiger partial charge in [0.2, 0.25) is 17.8 Å². The lowest BCUT2D eigenvalue weighted by atomic mass is 9.78.